The normalized spacial score (nSPS) is 29.4. The van der Waals surface area contributed by atoms with Crippen LogP contribution >= 0.6 is 0 Å². The Bertz CT molecular complexity index is 161. The zero-order valence-electron chi connectivity index (χ0n) is 6.98. The van der Waals surface area contributed by atoms with Crippen LogP contribution in [0.5, 0.6) is 0 Å². The quantitative estimate of drug-likeness (QED) is 0.523. The summed E-state index contributed by atoms with van der Waals surface area (Å²) in [5.41, 5.74) is 4.36. The topological polar surface area (TPSA) is 0 Å². The van der Waals surface area contributed by atoms with Crippen LogP contribution in [0, 0.1) is 11.8 Å². The van der Waals surface area contributed by atoms with E-state index in [4.69, 9.17) is 0 Å². The highest BCUT2D eigenvalue weighted by molar-refractivity contribution is 5.11. The zero-order valence-corrected chi connectivity index (χ0v) is 6.98. The summed E-state index contributed by atoms with van der Waals surface area (Å²) in [6.45, 7) is 8.05. The lowest BCUT2D eigenvalue weighted by molar-refractivity contribution is 0.669. The van der Waals surface area contributed by atoms with Crippen molar-refractivity contribution in [1.29, 1.82) is 0 Å². The minimum Gasteiger partial charge on any atom is -0.130 e. The summed E-state index contributed by atoms with van der Waals surface area (Å²) in [7, 11) is 0. The smallest absolute Gasteiger partial charge is 0.00987 e. The summed E-state index contributed by atoms with van der Waals surface area (Å²) < 4.78 is 0. The molecule has 0 aromatic heterocycles. The van der Waals surface area contributed by atoms with Crippen LogP contribution < -0.4 is 0 Å². The molecule has 1 aliphatic carbocycles. The molecular weight excluding hydrogens is 120 g/mol. The number of allylic oxidation sites excluding steroid dienone is 1. The van der Waals surface area contributed by atoms with E-state index in [-0.39, 0.29) is 0 Å². The molecule has 2 atom stereocenters. The highest BCUT2D eigenvalue weighted by Crippen LogP contribution is 2.46. The van der Waals surface area contributed by atoms with Gasteiger partial charge in [-0.1, -0.05) is 26.3 Å². The van der Waals surface area contributed by atoms with Crippen molar-refractivity contribution in [3.63, 3.8) is 0 Å². The first-order chi connectivity index (χ1) is 4.79. The van der Waals surface area contributed by atoms with Gasteiger partial charge in [-0.25, -0.2) is 0 Å². The van der Waals surface area contributed by atoms with E-state index < -0.39 is 0 Å². The first-order valence-electron chi connectivity index (χ1n) is 4.16. The number of hydrogen-bond acceptors (Lipinski definition) is 0. The molecule has 0 aromatic rings. The van der Waals surface area contributed by atoms with Gasteiger partial charge in [-0.15, -0.1) is 5.73 Å². The summed E-state index contributed by atoms with van der Waals surface area (Å²) in [5.74, 6) is 1.82. The summed E-state index contributed by atoms with van der Waals surface area (Å²) >= 11 is 0. The Morgan fingerprint density at radius 1 is 1.70 bits per heavy atom. The van der Waals surface area contributed by atoms with E-state index >= 15 is 0 Å². The third-order valence-electron chi connectivity index (χ3n) is 2.42. The second kappa shape index (κ2) is 3.07. The fourth-order valence-electron chi connectivity index (χ4n) is 1.60. The molecule has 0 spiro atoms. The molecule has 0 bridgehead atoms. The standard InChI is InChI=1S/C10H16/c1-4-6-9-7-10(9)8(3)5-2/h9-10H,2,4,6-7H2,1,3H3. The van der Waals surface area contributed by atoms with Crippen LogP contribution in [0.1, 0.15) is 33.1 Å². The Labute approximate surface area is 63.6 Å². The average molecular weight is 136 g/mol. The van der Waals surface area contributed by atoms with E-state index in [1.54, 1.807) is 0 Å². The lowest BCUT2D eigenvalue weighted by atomic mass is 10.1. The molecular formula is C10H16. The molecule has 1 rings (SSSR count). The van der Waals surface area contributed by atoms with E-state index in [0.29, 0.717) is 0 Å². The van der Waals surface area contributed by atoms with Crippen LogP contribution in [0.15, 0.2) is 17.9 Å². The molecule has 1 saturated carbocycles. The first kappa shape index (κ1) is 7.63. The summed E-state index contributed by atoms with van der Waals surface area (Å²) in [5, 5.41) is 0. The van der Waals surface area contributed by atoms with Crippen LogP contribution in [0.25, 0.3) is 0 Å². The lowest BCUT2D eigenvalue weighted by Gasteiger charge is -1.93. The summed E-state index contributed by atoms with van der Waals surface area (Å²) in [4.78, 5) is 0. The molecule has 56 valence electrons. The molecule has 0 heterocycles. The van der Waals surface area contributed by atoms with Gasteiger partial charge in [-0.2, -0.15) is 0 Å². The Morgan fingerprint density at radius 2 is 2.40 bits per heavy atom. The third-order valence-corrected chi connectivity index (χ3v) is 2.42. The number of rotatable bonds is 3. The second-order valence-corrected chi connectivity index (χ2v) is 3.25. The van der Waals surface area contributed by atoms with Crippen LogP contribution in [-0.4, -0.2) is 0 Å². The van der Waals surface area contributed by atoms with E-state index in [2.05, 4.69) is 26.2 Å². The molecule has 0 aliphatic heterocycles. The highest BCUT2D eigenvalue weighted by Gasteiger charge is 2.36. The van der Waals surface area contributed by atoms with Crippen molar-refractivity contribution < 1.29 is 0 Å². The van der Waals surface area contributed by atoms with Gasteiger partial charge in [0.25, 0.3) is 0 Å². The van der Waals surface area contributed by atoms with Gasteiger partial charge in [-0.3, -0.25) is 0 Å². The Morgan fingerprint density at radius 3 is 2.90 bits per heavy atom. The largest absolute Gasteiger partial charge is 0.130 e. The van der Waals surface area contributed by atoms with Gasteiger partial charge in [-0.05, 0) is 30.8 Å². The molecule has 1 aliphatic rings. The monoisotopic (exact) mass is 136 g/mol. The first-order valence-corrected chi connectivity index (χ1v) is 4.16. The van der Waals surface area contributed by atoms with E-state index in [0.717, 1.165) is 11.8 Å². The second-order valence-electron chi connectivity index (χ2n) is 3.25. The Kier molecular flexibility index (Phi) is 2.34. The van der Waals surface area contributed by atoms with Crippen molar-refractivity contribution in [2.75, 3.05) is 0 Å². The van der Waals surface area contributed by atoms with Gasteiger partial charge in [0, 0.05) is 0 Å². The number of hydrogen-bond donors (Lipinski definition) is 0. The molecule has 10 heavy (non-hydrogen) atoms. The van der Waals surface area contributed by atoms with Gasteiger partial charge in [0.1, 0.15) is 0 Å². The molecule has 0 N–H and O–H groups in total. The third kappa shape index (κ3) is 1.52. The minimum absolute atomic E-state index is 0.845. The Hall–Kier alpha value is -0.480. The summed E-state index contributed by atoms with van der Waals surface area (Å²) in [6, 6.07) is 0. The van der Waals surface area contributed by atoms with Crippen molar-refractivity contribution in [1.82, 2.24) is 0 Å². The molecule has 0 saturated heterocycles. The van der Waals surface area contributed by atoms with Crippen molar-refractivity contribution >= 4 is 0 Å². The maximum absolute atomic E-state index is 3.65. The fraction of sp³-hybridized carbons (Fsp3) is 0.700. The molecule has 1 fully saturated rings. The summed E-state index contributed by atoms with van der Waals surface area (Å²) in [6.07, 6.45) is 4.11. The van der Waals surface area contributed by atoms with E-state index in [9.17, 15) is 0 Å². The van der Waals surface area contributed by atoms with Crippen molar-refractivity contribution in [3.8, 4) is 0 Å². The highest BCUT2D eigenvalue weighted by atomic mass is 14.4. The van der Waals surface area contributed by atoms with Gasteiger partial charge < -0.3 is 0 Å². The molecule has 0 aromatic carbocycles. The van der Waals surface area contributed by atoms with Crippen LogP contribution in [0.2, 0.25) is 0 Å². The van der Waals surface area contributed by atoms with Crippen molar-refractivity contribution in [2.24, 2.45) is 11.8 Å². The maximum Gasteiger partial charge on any atom is -0.00987 e. The predicted octanol–water partition coefficient (Wildman–Crippen LogP) is 3.15. The van der Waals surface area contributed by atoms with Gasteiger partial charge in [0.15, 0.2) is 0 Å². The maximum atomic E-state index is 3.65. The van der Waals surface area contributed by atoms with Gasteiger partial charge in [0.2, 0.25) is 0 Å². The molecule has 0 heteroatoms. The molecule has 0 radical (unpaired) electrons. The fourth-order valence-corrected chi connectivity index (χ4v) is 1.60. The van der Waals surface area contributed by atoms with Gasteiger partial charge in [0.05, 0.1) is 0 Å². The Balaban J connectivity index is 2.31. The van der Waals surface area contributed by atoms with Gasteiger partial charge >= 0.3 is 0 Å². The average Bonchev–Trinajstić information content (AvgIpc) is 2.67. The molecule has 0 nitrogen and oxygen atoms in total. The van der Waals surface area contributed by atoms with E-state index in [1.165, 1.54) is 24.8 Å². The predicted molar refractivity (Wildman–Crippen MR) is 44.8 cm³/mol. The molecule has 2 unspecified atom stereocenters. The molecule has 0 amide bonds. The van der Waals surface area contributed by atoms with Crippen LogP contribution in [0.3, 0.4) is 0 Å². The van der Waals surface area contributed by atoms with E-state index in [1.807, 2.05) is 0 Å². The lowest BCUT2D eigenvalue weighted by Crippen LogP contribution is -1.82. The van der Waals surface area contributed by atoms with Crippen LogP contribution in [-0.2, 0) is 0 Å². The zero-order chi connectivity index (χ0) is 7.56. The van der Waals surface area contributed by atoms with Crippen molar-refractivity contribution in [2.45, 2.75) is 33.1 Å². The van der Waals surface area contributed by atoms with Crippen LogP contribution in [0.4, 0.5) is 0 Å². The SMILES string of the molecule is C=C=C(C)C1CC1CCC. The van der Waals surface area contributed by atoms with Crippen molar-refractivity contribution in [3.05, 3.63) is 17.9 Å². The minimum atomic E-state index is 0.845.